The fraction of sp³-hybridized carbons (Fsp3) is 0.440. The lowest BCUT2D eigenvalue weighted by Crippen LogP contribution is -2.25. The van der Waals surface area contributed by atoms with Crippen LogP contribution in [0.1, 0.15) is 41.0 Å². The second-order valence-corrected chi connectivity index (χ2v) is 8.74. The molecule has 0 spiro atoms. The zero-order chi connectivity index (χ0) is 30.7. The lowest BCUT2D eigenvalue weighted by atomic mass is 10.0. The lowest BCUT2D eigenvalue weighted by molar-refractivity contribution is -0.193. The number of hydrogen-bond acceptors (Lipinski definition) is 6. The third kappa shape index (κ3) is 11.9. The summed E-state index contributed by atoms with van der Waals surface area (Å²) in [5, 5.41) is 20.3. The van der Waals surface area contributed by atoms with Gasteiger partial charge in [-0.25, -0.2) is 14.6 Å². The molecule has 0 atom stereocenters. The van der Waals surface area contributed by atoms with Crippen molar-refractivity contribution in [1.82, 2.24) is 15.2 Å². The Bertz CT molecular complexity index is 1120. The molecule has 0 saturated heterocycles. The predicted molar refractivity (Wildman–Crippen MR) is 133 cm³/mol. The molecular formula is C25H30F6N4O5. The predicted octanol–water partition coefficient (Wildman–Crippen LogP) is 4.13. The van der Waals surface area contributed by atoms with Gasteiger partial charge in [0.15, 0.2) is 0 Å². The summed E-state index contributed by atoms with van der Waals surface area (Å²) >= 11 is 0. The minimum Gasteiger partial charge on any atom is -0.475 e. The summed E-state index contributed by atoms with van der Waals surface area (Å²) in [6.07, 6.45) is -8.34. The van der Waals surface area contributed by atoms with Gasteiger partial charge in [0.1, 0.15) is 5.82 Å². The van der Waals surface area contributed by atoms with Crippen molar-refractivity contribution in [2.45, 2.75) is 51.6 Å². The average molecular weight is 581 g/mol. The van der Waals surface area contributed by atoms with E-state index >= 15 is 0 Å². The number of carbonyl (C=O) groups excluding carboxylic acids is 1. The Balaban J connectivity index is 0.000000473. The van der Waals surface area contributed by atoms with E-state index in [9.17, 15) is 31.1 Å². The number of carbonyl (C=O) groups is 3. The van der Waals surface area contributed by atoms with Crippen LogP contribution in [-0.4, -0.2) is 76.5 Å². The first kappa shape index (κ1) is 34.1. The first-order chi connectivity index (χ1) is 18.4. The molecule has 1 aliphatic heterocycles. The number of hydrogen-bond donors (Lipinski definition) is 4. The van der Waals surface area contributed by atoms with Crippen LogP contribution in [0.3, 0.4) is 0 Å². The van der Waals surface area contributed by atoms with Crippen molar-refractivity contribution in [3.8, 4) is 0 Å². The van der Waals surface area contributed by atoms with Crippen molar-refractivity contribution >= 4 is 23.7 Å². The quantitative estimate of drug-likeness (QED) is 0.389. The SMILES string of the molecule is CNC(=O)c1cc2c(nc1NC(C)C)CCN(Cc1ccccc1)CC2.O=C(O)C(F)(F)F.O=C(O)C(F)(F)F. The minimum absolute atomic E-state index is 0.0890. The second kappa shape index (κ2) is 15.1. The summed E-state index contributed by atoms with van der Waals surface area (Å²) in [5.41, 5.74) is 4.26. The normalized spacial score (nSPS) is 13.4. The van der Waals surface area contributed by atoms with Gasteiger partial charge in [-0.1, -0.05) is 30.3 Å². The van der Waals surface area contributed by atoms with Crippen molar-refractivity contribution < 1.29 is 50.9 Å². The molecule has 0 unspecified atom stereocenters. The maximum absolute atomic E-state index is 12.3. The number of nitrogens with one attached hydrogen (secondary N) is 2. The van der Waals surface area contributed by atoms with Crippen molar-refractivity contribution in [2.75, 3.05) is 25.5 Å². The third-order valence-corrected chi connectivity index (χ3v) is 5.18. The monoisotopic (exact) mass is 580 g/mol. The third-order valence-electron chi connectivity index (χ3n) is 5.18. The van der Waals surface area contributed by atoms with Crippen LogP contribution >= 0.6 is 0 Å². The Hall–Kier alpha value is -3.88. The molecule has 1 aromatic heterocycles. The Kier molecular flexibility index (Phi) is 12.8. The maximum atomic E-state index is 12.3. The zero-order valence-corrected chi connectivity index (χ0v) is 21.9. The van der Waals surface area contributed by atoms with E-state index in [1.807, 2.05) is 6.07 Å². The zero-order valence-electron chi connectivity index (χ0n) is 21.9. The van der Waals surface area contributed by atoms with Gasteiger partial charge < -0.3 is 20.8 Å². The molecule has 0 bridgehead atoms. The Morgan fingerprint density at radius 3 is 1.90 bits per heavy atom. The molecule has 40 heavy (non-hydrogen) atoms. The number of aromatic nitrogens is 1. The Morgan fingerprint density at radius 1 is 0.950 bits per heavy atom. The maximum Gasteiger partial charge on any atom is 0.490 e. The summed E-state index contributed by atoms with van der Waals surface area (Å²) in [7, 11) is 1.66. The number of aliphatic carboxylic acids is 2. The molecule has 1 amide bonds. The Morgan fingerprint density at radius 2 is 1.45 bits per heavy atom. The van der Waals surface area contributed by atoms with E-state index in [1.165, 1.54) is 11.1 Å². The molecule has 0 aliphatic carbocycles. The molecule has 2 heterocycles. The number of alkyl halides is 6. The smallest absolute Gasteiger partial charge is 0.475 e. The molecule has 1 aromatic carbocycles. The number of nitrogens with zero attached hydrogens (tertiary/aromatic N) is 2. The number of fused-ring (bicyclic) bond motifs is 1. The van der Waals surface area contributed by atoms with Crippen LogP contribution in [0, 0.1) is 0 Å². The number of carboxylic acid groups (broad SMARTS) is 2. The molecule has 1 aliphatic rings. The fourth-order valence-electron chi connectivity index (χ4n) is 3.37. The molecule has 222 valence electrons. The molecular weight excluding hydrogens is 550 g/mol. The van der Waals surface area contributed by atoms with E-state index in [4.69, 9.17) is 24.8 Å². The van der Waals surface area contributed by atoms with Crippen LogP contribution in [0.2, 0.25) is 0 Å². The Labute approximate surface area is 226 Å². The minimum atomic E-state index is -5.08. The standard InChI is InChI=1S/C21H28N4O.2C2HF3O2/c1-15(2)23-20-18(21(26)22-3)13-17-9-11-25(12-10-19(17)24-20)14-16-7-5-4-6-8-16;2*3-2(4,5)1(6)7/h4-8,13,15H,9-12,14H2,1-3H3,(H,22,26)(H,23,24);2*(H,6,7). The molecule has 0 saturated carbocycles. The average Bonchev–Trinajstić information content (AvgIpc) is 3.04. The lowest BCUT2D eigenvalue weighted by Gasteiger charge is -2.19. The van der Waals surface area contributed by atoms with E-state index in [0.29, 0.717) is 11.4 Å². The van der Waals surface area contributed by atoms with E-state index in [-0.39, 0.29) is 11.9 Å². The van der Waals surface area contributed by atoms with E-state index in [2.05, 4.69) is 59.7 Å². The largest absolute Gasteiger partial charge is 0.490 e. The van der Waals surface area contributed by atoms with Crippen molar-refractivity contribution in [2.24, 2.45) is 0 Å². The summed E-state index contributed by atoms with van der Waals surface area (Å²) < 4.78 is 63.5. The second-order valence-electron chi connectivity index (χ2n) is 8.74. The van der Waals surface area contributed by atoms with E-state index < -0.39 is 24.3 Å². The number of pyridine rings is 1. The number of rotatable bonds is 5. The first-order valence-electron chi connectivity index (χ1n) is 11.8. The van der Waals surface area contributed by atoms with Crippen molar-refractivity contribution in [3.63, 3.8) is 0 Å². The van der Waals surface area contributed by atoms with Gasteiger partial charge in [0, 0.05) is 44.8 Å². The summed E-state index contributed by atoms with van der Waals surface area (Å²) in [6, 6.07) is 12.8. The first-order valence-corrected chi connectivity index (χ1v) is 11.8. The summed E-state index contributed by atoms with van der Waals surface area (Å²) in [4.78, 5) is 37.4. The molecule has 4 N–H and O–H groups in total. The van der Waals surface area contributed by atoms with E-state index in [0.717, 1.165) is 38.2 Å². The molecule has 2 aromatic rings. The van der Waals surface area contributed by atoms with Crippen LogP contribution in [0.25, 0.3) is 0 Å². The van der Waals surface area contributed by atoms with Crippen LogP contribution in [-0.2, 0) is 29.0 Å². The number of halogens is 6. The van der Waals surface area contributed by atoms with Crippen LogP contribution in [0.15, 0.2) is 36.4 Å². The van der Waals surface area contributed by atoms with Crippen LogP contribution < -0.4 is 10.6 Å². The highest BCUT2D eigenvalue weighted by atomic mass is 19.4. The number of amides is 1. The number of benzene rings is 1. The number of anilines is 1. The van der Waals surface area contributed by atoms with Crippen molar-refractivity contribution in [3.05, 3.63) is 58.8 Å². The van der Waals surface area contributed by atoms with Gasteiger partial charge in [-0.3, -0.25) is 9.69 Å². The highest BCUT2D eigenvalue weighted by Gasteiger charge is 2.38. The van der Waals surface area contributed by atoms with Gasteiger partial charge in [0.05, 0.1) is 5.56 Å². The molecule has 0 fully saturated rings. The van der Waals surface area contributed by atoms with Gasteiger partial charge >= 0.3 is 24.3 Å². The topological polar surface area (TPSA) is 132 Å². The molecule has 0 radical (unpaired) electrons. The van der Waals surface area contributed by atoms with E-state index in [1.54, 1.807) is 7.05 Å². The van der Waals surface area contributed by atoms with Gasteiger partial charge in [0.2, 0.25) is 0 Å². The highest BCUT2D eigenvalue weighted by molar-refractivity contribution is 5.98. The highest BCUT2D eigenvalue weighted by Crippen LogP contribution is 2.23. The van der Waals surface area contributed by atoms with Gasteiger partial charge in [0.25, 0.3) is 5.91 Å². The summed E-state index contributed by atoms with van der Waals surface area (Å²) in [5.74, 6) is -4.91. The number of carboxylic acids is 2. The molecule has 15 heteroatoms. The van der Waals surface area contributed by atoms with Gasteiger partial charge in [-0.15, -0.1) is 0 Å². The van der Waals surface area contributed by atoms with Gasteiger partial charge in [-0.05, 0) is 37.5 Å². The fourth-order valence-corrected chi connectivity index (χ4v) is 3.37. The molecule has 9 nitrogen and oxygen atoms in total. The van der Waals surface area contributed by atoms with Gasteiger partial charge in [-0.2, -0.15) is 26.3 Å². The summed E-state index contributed by atoms with van der Waals surface area (Å²) in [6.45, 7) is 7.03. The molecule has 3 rings (SSSR count). The van der Waals surface area contributed by atoms with Crippen LogP contribution in [0.4, 0.5) is 32.2 Å². The van der Waals surface area contributed by atoms with Crippen molar-refractivity contribution in [1.29, 1.82) is 0 Å². The van der Waals surface area contributed by atoms with Crippen LogP contribution in [0.5, 0.6) is 0 Å².